The van der Waals surface area contributed by atoms with Crippen molar-refractivity contribution < 1.29 is 19.4 Å². The highest BCUT2D eigenvalue weighted by Crippen LogP contribution is 2.08. The lowest BCUT2D eigenvalue weighted by atomic mass is 10.1. The molecular weight excluding hydrogens is 210 g/mol. The van der Waals surface area contributed by atoms with Crippen molar-refractivity contribution in [2.75, 3.05) is 0 Å². The van der Waals surface area contributed by atoms with E-state index in [1.807, 2.05) is 13.0 Å². The second-order valence-electron chi connectivity index (χ2n) is 3.46. The molecule has 0 bridgehead atoms. The molecule has 1 atom stereocenters. The Balaban J connectivity index is 3.74. The molecular formula is C11H17NO4. The van der Waals surface area contributed by atoms with Gasteiger partial charge >= 0.3 is 11.9 Å². The SMILES string of the molecule is CCC(CCC#N)OC(=O)CCCC(=O)O. The van der Waals surface area contributed by atoms with Crippen LogP contribution in [0.15, 0.2) is 0 Å². The minimum Gasteiger partial charge on any atom is -0.481 e. The van der Waals surface area contributed by atoms with Crippen LogP contribution in [0.4, 0.5) is 0 Å². The number of ether oxygens (including phenoxy) is 1. The van der Waals surface area contributed by atoms with Gasteiger partial charge in [-0.05, 0) is 19.3 Å². The van der Waals surface area contributed by atoms with Crippen molar-refractivity contribution in [3.8, 4) is 6.07 Å². The minimum absolute atomic E-state index is 0.0237. The van der Waals surface area contributed by atoms with Gasteiger partial charge in [-0.3, -0.25) is 9.59 Å². The van der Waals surface area contributed by atoms with E-state index in [0.717, 1.165) is 0 Å². The summed E-state index contributed by atoms with van der Waals surface area (Å²) in [5.74, 6) is -1.30. The third kappa shape index (κ3) is 7.80. The third-order valence-corrected chi connectivity index (χ3v) is 2.10. The molecule has 0 spiro atoms. The third-order valence-electron chi connectivity index (χ3n) is 2.10. The first kappa shape index (κ1) is 14.4. The lowest BCUT2D eigenvalue weighted by Gasteiger charge is -2.14. The second kappa shape index (κ2) is 8.72. The van der Waals surface area contributed by atoms with Crippen LogP contribution in [0.5, 0.6) is 0 Å². The van der Waals surface area contributed by atoms with E-state index in [-0.39, 0.29) is 24.9 Å². The van der Waals surface area contributed by atoms with Crippen molar-refractivity contribution in [2.24, 2.45) is 0 Å². The lowest BCUT2D eigenvalue weighted by Crippen LogP contribution is -2.17. The zero-order valence-corrected chi connectivity index (χ0v) is 9.44. The fraction of sp³-hybridized carbons (Fsp3) is 0.727. The molecule has 0 aromatic heterocycles. The molecule has 5 heteroatoms. The standard InChI is InChI=1S/C11H17NO4/c1-2-9(5-4-8-12)16-11(15)7-3-6-10(13)14/h9H,2-7H2,1H3,(H,13,14). The molecule has 0 heterocycles. The van der Waals surface area contributed by atoms with Crippen LogP contribution in [0.3, 0.4) is 0 Å². The van der Waals surface area contributed by atoms with Gasteiger partial charge < -0.3 is 9.84 Å². The Labute approximate surface area is 95.0 Å². The molecule has 0 saturated heterocycles. The van der Waals surface area contributed by atoms with Gasteiger partial charge in [-0.1, -0.05) is 6.92 Å². The Hall–Kier alpha value is -1.57. The van der Waals surface area contributed by atoms with Crippen LogP contribution in [0.25, 0.3) is 0 Å². The van der Waals surface area contributed by atoms with Crippen molar-refractivity contribution in [3.05, 3.63) is 0 Å². The van der Waals surface area contributed by atoms with Crippen molar-refractivity contribution in [3.63, 3.8) is 0 Å². The topological polar surface area (TPSA) is 87.4 Å². The maximum atomic E-state index is 11.3. The Morgan fingerprint density at radius 3 is 2.62 bits per heavy atom. The number of hydrogen-bond donors (Lipinski definition) is 1. The average Bonchev–Trinajstić information content (AvgIpc) is 2.23. The fourth-order valence-electron chi connectivity index (χ4n) is 1.20. The molecule has 16 heavy (non-hydrogen) atoms. The number of esters is 1. The summed E-state index contributed by atoms with van der Waals surface area (Å²) in [6, 6.07) is 1.99. The van der Waals surface area contributed by atoms with Gasteiger partial charge in [0.25, 0.3) is 0 Å². The Morgan fingerprint density at radius 1 is 1.44 bits per heavy atom. The Kier molecular flexibility index (Phi) is 7.86. The van der Waals surface area contributed by atoms with Gasteiger partial charge in [0.05, 0.1) is 6.07 Å². The summed E-state index contributed by atoms with van der Waals surface area (Å²) in [7, 11) is 0. The molecule has 0 saturated carbocycles. The molecule has 0 aromatic rings. The summed E-state index contributed by atoms with van der Waals surface area (Å²) >= 11 is 0. The van der Waals surface area contributed by atoms with Crippen molar-refractivity contribution in [1.29, 1.82) is 5.26 Å². The van der Waals surface area contributed by atoms with Crippen LogP contribution in [-0.4, -0.2) is 23.1 Å². The largest absolute Gasteiger partial charge is 0.481 e. The maximum absolute atomic E-state index is 11.3. The van der Waals surface area contributed by atoms with Crippen LogP contribution < -0.4 is 0 Å². The number of nitrogens with zero attached hydrogens (tertiary/aromatic N) is 1. The van der Waals surface area contributed by atoms with Crippen LogP contribution in [0.1, 0.15) is 45.4 Å². The van der Waals surface area contributed by atoms with Gasteiger partial charge in [-0.25, -0.2) is 0 Å². The van der Waals surface area contributed by atoms with Gasteiger partial charge in [0.15, 0.2) is 0 Å². The summed E-state index contributed by atoms with van der Waals surface area (Å²) < 4.78 is 5.10. The quantitative estimate of drug-likeness (QED) is 0.639. The molecule has 90 valence electrons. The summed E-state index contributed by atoms with van der Waals surface area (Å²) in [5.41, 5.74) is 0. The van der Waals surface area contributed by atoms with Crippen LogP contribution in [0.2, 0.25) is 0 Å². The van der Waals surface area contributed by atoms with E-state index in [1.54, 1.807) is 0 Å². The Morgan fingerprint density at radius 2 is 2.12 bits per heavy atom. The first-order valence-electron chi connectivity index (χ1n) is 5.38. The number of carboxylic acid groups (broad SMARTS) is 1. The first-order chi connectivity index (χ1) is 7.60. The predicted molar refractivity (Wildman–Crippen MR) is 56.5 cm³/mol. The van der Waals surface area contributed by atoms with E-state index in [4.69, 9.17) is 15.1 Å². The summed E-state index contributed by atoms with van der Waals surface area (Å²) in [6.07, 6.45) is 1.74. The van der Waals surface area contributed by atoms with Crippen LogP contribution >= 0.6 is 0 Å². The highest BCUT2D eigenvalue weighted by atomic mass is 16.5. The smallest absolute Gasteiger partial charge is 0.306 e. The number of nitriles is 1. The monoisotopic (exact) mass is 227 g/mol. The normalized spacial score (nSPS) is 11.5. The molecule has 0 aliphatic rings. The summed E-state index contributed by atoms with van der Waals surface area (Å²) in [6.45, 7) is 1.88. The van der Waals surface area contributed by atoms with E-state index < -0.39 is 5.97 Å². The van der Waals surface area contributed by atoms with Crippen LogP contribution in [-0.2, 0) is 14.3 Å². The van der Waals surface area contributed by atoms with Crippen LogP contribution in [0, 0.1) is 11.3 Å². The zero-order valence-electron chi connectivity index (χ0n) is 9.44. The molecule has 0 aromatic carbocycles. The van der Waals surface area contributed by atoms with E-state index >= 15 is 0 Å². The number of aliphatic carboxylic acids is 1. The summed E-state index contributed by atoms with van der Waals surface area (Å²) in [4.78, 5) is 21.5. The predicted octanol–water partition coefficient (Wildman–Crippen LogP) is 1.87. The molecule has 0 radical (unpaired) electrons. The number of rotatable bonds is 8. The van der Waals surface area contributed by atoms with Crippen molar-refractivity contribution in [1.82, 2.24) is 0 Å². The zero-order chi connectivity index (χ0) is 12.4. The number of hydrogen-bond acceptors (Lipinski definition) is 4. The molecule has 1 unspecified atom stereocenters. The number of carboxylic acids is 1. The molecule has 0 amide bonds. The van der Waals surface area contributed by atoms with Gasteiger partial charge in [-0.15, -0.1) is 0 Å². The molecule has 0 aliphatic heterocycles. The number of carbonyl (C=O) groups excluding carboxylic acids is 1. The number of carbonyl (C=O) groups is 2. The molecule has 0 aliphatic carbocycles. The van der Waals surface area contributed by atoms with E-state index in [2.05, 4.69) is 0 Å². The molecule has 0 fully saturated rings. The minimum atomic E-state index is -0.913. The van der Waals surface area contributed by atoms with E-state index in [0.29, 0.717) is 25.7 Å². The second-order valence-corrected chi connectivity index (χ2v) is 3.46. The molecule has 1 N–H and O–H groups in total. The average molecular weight is 227 g/mol. The highest BCUT2D eigenvalue weighted by molar-refractivity contribution is 5.71. The Bertz CT molecular complexity index is 270. The van der Waals surface area contributed by atoms with Crippen molar-refractivity contribution >= 4 is 11.9 Å². The van der Waals surface area contributed by atoms with Gasteiger partial charge in [-0.2, -0.15) is 5.26 Å². The maximum Gasteiger partial charge on any atom is 0.306 e. The van der Waals surface area contributed by atoms with Gasteiger partial charge in [0, 0.05) is 19.3 Å². The lowest BCUT2D eigenvalue weighted by molar-refractivity contribution is -0.149. The fourth-order valence-corrected chi connectivity index (χ4v) is 1.20. The summed E-state index contributed by atoms with van der Waals surface area (Å²) in [5, 5.41) is 16.8. The highest BCUT2D eigenvalue weighted by Gasteiger charge is 2.12. The van der Waals surface area contributed by atoms with Crippen molar-refractivity contribution in [2.45, 2.75) is 51.6 Å². The first-order valence-corrected chi connectivity index (χ1v) is 5.38. The van der Waals surface area contributed by atoms with E-state index in [1.165, 1.54) is 0 Å². The van der Waals surface area contributed by atoms with E-state index in [9.17, 15) is 9.59 Å². The van der Waals surface area contributed by atoms with Gasteiger partial charge in [0.2, 0.25) is 0 Å². The molecule has 0 rings (SSSR count). The molecule has 5 nitrogen and oxygen atoms in total. The van der Waals surface area contributed by atoms with Gasteiger partial charge in [0.1, 0.15) is 6.10 Å².